The maximum absolute atomic E-state index is 12.2. The Labute approximate surface area is 115 Å². The summed E-state index contributed by atoms with van der Waals surface area (Å²) < 4.78 is 1.94. The van der Waals surface area contributed by atoms with Crippen LogP contribution in [0.25, 0.3) is 16.9 Å². The van der Waals surface area contributed by atoms with Crippen LogP contribution in [0.3, 0.4) is 0 Å². The minimum atomic E-state index is -0.171. The van der Waals surface area contributed by atoms with Crippen LogP contribution in [0.15, 0.2) is 29.1 Å². The Bertz CT molecular complexity index is 875. The Morgan fingerprint density at radius 3 is 3.00 bits per heavy atom. The van der Waals surface area contributed by atoms with Gasteiger partial charge in [0.25, 0.3) is 5.56 Å². The molecule has 0 unspecified atom stereocenters. The Balaban J connectivity index is 2.09. The van der Waals surface area contributed by atoms with Crippen LogP contribution in [-0.2, 0) is 12.8 Å². The Hall–Kier alpha value is -2.43. The van der Waals surface area contributed by atoms with Gasteiger partial charge < -0.3 is 4.98 Å². The largest absolute Gasteiger partial charge is 0.317 e. The third-order valence-electron chi connectivity index (χ3n) is 3.85. The smallest absolute Gasteiger partial charge is 0.294 e. The van der Waals surface area contributed by atoms with Crippen LogP contribution in [0.2, 0.25) is 0 Å². The van der Waals surface area contributed by atoms with Gasteiger partial charge in [0.15, 0.2) is 0 Å². The van der Waals surface area contributed by atoms with E-state index in [1.54, 1.807) is 0 Å². The lowest BCUT2D eigenvalue weighted by Gasteiger charge is -2.05. The SMILES string of the molecule is CCCc1nnc2c(=O)[nH]c3c(n12)Cc1ccccc1-3. The fraction of sp³-hybridized carbons (Fsp3) is 0.267. The molecule has 0 amide bonds. The molecule has 2 aromatic heterocycles. The zero-order valence-electron chi connectivity index (χ0n) is 11.2. The van der Waals surface area contributed by atoms with Gasteiger partial charge >= 0.3 is 0 Å². The zero-order chi connectivity index (χ0) is 13.7. The van der Waals surface area contributed by atoms with Crippen molar-refractivity contribution in [3.05, 3.63) is 51.7 Å². The molecule has 0 bridgehead atoms. The van der Waals surface area contributed by atoms with Crippen molar-refractivity contribution in [3.63, 3.8) is 0 Å². The summed E-state index contributed by atoms with van der Waals surface area (Å²) in [6.45, 7) is 2.10. The number of hydrogen-bond acceptors (Lipinski definition) is 3. The predicted molar refractivity (Wildman–Crippen MR) is 75.8 cm³/mol. The first-order valence-electron chi connectivity index (χ1n) is 6.87. The lowest BCUT2D eigenvalue weighted by atomic mass is 10.1. The first kappa shape index (κ1) is 11.4. The molecule has 5 heteroatoms. The molecule has 0 fully saturated rings. The number of benzene rings is 1. The van der Waals surface area contributed by atoms with Crippen molar-refractivity contribution in [2.24, 2.45) is 0 Å². The van der Waals surface area contributed by atoms with Crippen LogP contribution >= 0.6 is 0 Å². The van der Waals surface area contributed by atoms with E-state index in [9.17, 15) is 4.79 Å². The molecular weight excluding hydrogens is 252 g/mol. The predicted octanol–water partition coefficient (Wildman–Crippen LogP) is 1.94. The zero-order valence-corrected chi connectivity index (χ0v) is 11.2. The van der Waals surface area contributed by atoms with Crippen LogP contribution in [0.4, 0.5) is 0 Å². The first-order valence-corrected chi connectivity index (χ1v) is 6.87. The molecule has 0 atom stereocenters. The van der Waals surface area contributed by atoms with E-state index in [1.165, 1.54) is 5.56 Å². The van der Waals surface area contributed by atoms with Crippen molar-refractivity contribution in [2.45, 2.75) is 26.2 Å². The van der Waals surface area contributed by atoms with Gasteiger partial charge in [-0.3, -0.25) is 9.20 Å². The Morgan fingerprint density at radius 2 is 2.15 bits per heavy atom. The maximum Gasteiger partial charge on any atom is 0.294 e. The second kappa shape index (κ2) is 4.03. The van der Waals surface area contributed by atoms with E-state index >= 15 is 0 Å². The number of hydrogen-bond donors (Lipinski definition) is 1. The highest BCUT2D eigenvalue weighted by molar-refractivity contribution is 5.73. The van der Waals surface area contributed by atoms with Gasteiger partial charge in [0.2, 0.25) is 5.65 Å². The van der Waals surface area contributed by atoms with Gasteiger partial charge in [-0.15, -0.1) is 10.2 Å². The highest BCUT2D eigenvalue weighted by Gasteiger charge is 2.24. The molecule has 1 aliphatic carbocycles. The Kier molecular flexibility index (Phi) is 2.30. The molecule has 1 aliphatic rings. The lowest BCUT2D eigenvalue weighted by molar-refractivity contribution is 0.803. The minimum Gasteiger partial charge on any atom is -0.317 e. The molecule has 5 nitrogen and oxygen atoms in total. The molecule has 4 rings (SSSR count). The van der Waals surface area contributed by atoms with Crippen molar-refractivity contribution in [1.29, 1.82) is 0 Å². The summed E-state index contributed by atoms with van der Waals surface area (Å²) in [6, 6.07) is 8.17. The number of aromatic nitrogens is 4. The molecule has 20 heavy (non-hydrogen) atoms. The summed E-state index contributed by atoms with van der Waals surface area (Å²) in [4.78, 5) is 15.2. The van der Waals surface area contributed by atoms with Crippen LogP contribution in [0.1, 0.15) is 30.4 Å². The van der Waals surface area contributed by atoms with E-state index < -0.39 is 0 Å². The number of H-pyrrole nitrogens is 1. The number of aryl methyl sites for hydroxylation is 1. The van der Waals surface area contributed by atoms with E-state index in [0.29, 0.717) is 5.65 Å². The maximum atomic E-state index is 12.2. The highest BCUT2D eigenvalue weighted by Crippen LogP contribution is 2.34. The number of nitrogens with one attached hydrogen (secondary N) is 1. The third kappa shape index (κ3) is 1.40. The monoisotopic (exact) mass is 266 g/mol. The van der Waals surface area contributed by atoms with E-state index in [4.69, 9.17) is 0 Å². The van der Waals surface area contributed by atoms with E-state index in [2.05, 4.69) is 28.2 Å². The highest BCUT2D eigenvalue weighted by atomic mass is 16.1. The molecule has 100 valence electrons. The second-order valence-electron chi connectivity index (χ2n) is 5.13. The molecular formula is C15H14N4O. The van der Waals surface area contributed by atoms with Gasteiger partial charge in [0.05, 0.1) is 11.4 Å². The van der Waals surface area contributed by atoms with Gasteiger partial charge in [0.1, 0.15) is 5.82 Å². The fourth-order valence-electron chi connectivity index (χ4n) is 2.98. The average Bonchev–Trinajstić information content (AvgIpc) is 3.02. The summed E-state index contributed by atoms with van der Waals surface area (Å²) >= 11 is 0. The molecule has 0 spiro atoms. The number of fused-ring (bicyclic) bond motifs is 5. The van der Waals surface area contributed by atoms with Crippen LogP contribution in [0.5, 0.6) is 0 Å². The summed E-state index contributed by atoms with van der Waals surface area (Å²) in [5.74, 6) is 0.873. The lowest BCUT2D eigenvalue weighted by Crippen LogP contribution is -2.14. The molecule has 0 aliphatic heterocycles. The van der Waals surface area contributed by atoms with Crippen molar-refractivity contribution in [3.8, 4) is 11.3 Å². The summed E-state index contributed by atoms with van der Waals surface area (Å²) in [5, 5.41) is 8.23. The van der Waals surface area contributed by atoms with E-state index in [0.717, 1.165) is 42.0 Å². The first-order chi connectivity index (χ1) is 9.79. The molecule has 3 aromatic rings. The van der Waals surface area contributed by atoms with Crippen molar-refractivity contribution < 1.29 is 0 Å². The number of aromatic amines is 1. The molecule has 1 N–H and O–H groups in total. The standard InChI is InChI=1S/C15H14N4O/c1-2-5-12-17-18-14-15(20)16-13-10-7-4-3-6-9(10)8-11(13)19(12)14/h3-4,6-7H,2,5,8H2,1H3,(H,16,20). The summed E-state index contributed by atoms with van der Waals surface area (Å²) in [5.41, 5.74) is 4.58. The topological polar surface area (TPSA) is 63.0 Å². The second-order valence-corrected chi connectivity index (χ2v) is 5.13. The van der Waals surface area contributed by atoms with Gasteiger partial charge in [-0.1, -0.05) is 31.2 Å². The van der Waals surface area contributed by atoms with E-state index in [-0.39, 0.29) is 5.56 Å². The van der Waals surface area contributed by atoms with Crippen LogP contribution in [-0.4, -0.2) is 19.6 Å². The molecule has 2 heterocycles. The van der Waals surface area contributed by atoms with Gasteiger partial charge in [-0.25, -0.2) is 0 Å². The van der Waals surface area contributed by atoms with E-state index in [1.807, 2.05) is 22.6 Å². The molecule has 0 radical (unpaired) electrons. The fourth-order valence-corrected chi connectivity index (χ4v) is 2.98. The molecule has 0 saturated heterocycles. The van der Waals surface area contributed by atoms with Gasteiger partial charge in [-0.05, 0) is 12.0 Å². The van der Waals surface area contributed by atoms with Crippen molar-refractivity contribution in [2.75, 3.05) is 0 Å². The third-order valence-corrected chi connectivity index (χ3v) is 3.85. The normalized spacial score (nSPS) is 12.7. The average molecular weight is 266 g/mol. The van der Waals surface area contributed by atoms with Crippen LogP contribution in [0, 0.1) is 0 Å². The minimum absolute atomic E-state index is 0.171. The number of rotatable bonds is 2. The summed E-state index contributed by atoms with van der Waals surface area (Å²) in [7, 11) is 0. The quantitative estimate of drug-likeness (QED) is 0.603. The molecule has 1 aromatic carbocycles. The van der Waals surface area contributed by atoms with Crippen molar-refractivity contribution in [1.82, 2.24) is 19.6 Å². The summed E-state index contributed by atoms with van der Waals surface area (Å²) in [6.07, 6.45) is 2.62. The van der Waals surface area contributed by atoms with Crippen LogP contribution < -0.4 is 5.56 Å². The Morgan fingerprint density at radius 1 is 1.30 bits per heavy atom. The number of nitrogens with zero attached hydrogens (tertiary/aromatic N) is 3. The van der Waals surface area contributed by atoms with Gasteiger partial charge in [0, 0.05) is 18.4 Å². The van der Waals surface area contributed by atoms with Gasteiger partial charge in [-0.2, -0.15) is 0 Å². The van der Waals surface area contributed by atoms with Crippen molar-refractivity contribution >= 4 is 5.65 Å². The molecule has 0 saturated carbocycles.